The molecular formula is C18H11ClN4O3S. The SMILES string of the molecule is O=C(Nc1nnc(CN2C(=O)c3ccccc3C2=O)s1)c1ccccc1Cl. The van der Waals surface area contributed by atoms with Gasteiger partial charge in [-0.25, -0.2) is 0 Å². The average Bonchev–Trinajstić information content (AvgIpc) is 3.21. The zero-order valence-electron chi connectivity index (χ0n) is 13.7. The summed E-state index contributed by atoms with van der Waals surface area (Å²) >= 11 is 7.09. The molecular weight excluding hydrogens is 388 g/mol. The van der Waals surface area contributed by atoms with Crippen LogP contribution in [0.4, 0.5) is 5.13 Å². The number of anilines is 1. The van der Waals surface area contributed by atoms with Gasteiger partial charge in [-0.1, -0.05) is 47.2 Å². The first-order valence-electron chi connectivity index (χ1n) is 7.88. The van der Waals surface area contributed by atoms with Crippen molar-refractivity contribution in [3.8, 4) is 0 Å². The van der Waals surface area contributed by atoms with E-state index in [2.05, 4.69) is 15.5 Å². The fourth-order valence-corrected chi connectivity index (χ4v) is 3.64. The first-order chi connectivity index (χ1) is 13.0. The molecule has 0 radical (unpaired) electrons. The van der Waals surface area contributed by atoms with Crippen molar-refractivity contribution in [2.24, 2.45) is 0 Å². The van der Waals surface area contributed by atoms with Gasteiger partial charge < -0.3 is 0 Å². The Kier molecular flexibility index (Phi) is 4.43. The van der Waals surface area contributed by atoms with Crippen LogP contribution in [0.25, 0.3) is 0 Å². The lowest BCUT2D eigenvalue weighted by atomic mass is 10.1. The normalized spacial score (nSPS) is 13.0. The number of carbonyl (C=O) groups excluding carboxylic acids is 3. The lowest BCUT2D eigenvalue weighted by Gasteiger charge is -2.10. The molecule has 0 saturated heterocycles. The molecule has 134 valence electrons. The Morgan fingerprint density at radius 1 is 1.00 bits per heavy atom. The molecule has 1 aromatic heterocycles. The summed E-state index contributed by atoms with van der Waals surface area (Å²) in [5.41, 5.74) is 1.06. The van der Waals surface area contributed by atoms with Gasteiger partial charge in [0.25, 0.3) is 17.7 Å². The van der Waals surface area contributed by atoms with Gasteiger partial charge in [0, 0.05) is 0 Å². The summed E-state index contributed by atoms with van der Waals surface area (Å²) in [4.78, 5) is 38.2. The molecule has 1 N–H and O–H groups in total. The van der Waals surface area contributed by atoms with E-state index in [1.54, 1.807) is 48.5 Å². The largest absolute Gasteiger partial charge is 0.296 e. The number of nitrogens with zero attached hydrogens (tertiary/aromatic N) is 3. The summed E-state index contributed by atoms with van der Waals surface area (Å²) in [5.74, 6) is -1.15. The Hall–Kier alpha value is -3.10. The zero-order chi connectivity index (χ0) is 19.0. The Labute approximate surface area is 162 Å². The van der Waals surface area contributed by atoms with Gasteiger partial charge in [0.1, 0.15) is 5.01 Å². The smallest absolute Gasteiger partial charge is 0.261 e. The third-order valence-corrected chi connectivity index (χ3v) is 5.13. The molecule has 3 amide bonds. The molecule has 0 bridgehead atoms. The molecule has 0 unspecified atom stereocenters. The van der Waals surface area contributed by atoms with Gasteiger partial charge in [-0.05, 0) is 24.3 Å². The molecule has 2 aromatic carbocycles. The van der Waals surface area contributed by atoms with Crippen LogP contribution in [-0.4, -0.2) is 32.8 Å². The van der Waals surface area contributed by atoms with E-state index in [9.17, 15) is 14.4 Å². The van der Waals surface area contributed by atoms with Crippen molar-refractivity contribution >= 4 is 45.8 Å². The molecule has 9 heteroatoms. The predicted octanol–water partition coefficient (Wildman–Crippen LogP) is 3.24. The molecule has 2 heterocycles. The van der Waals surface area contributed by atoms with E-state index in [4.69, 9.17) is 11.6 Å². The van der Waals surface area contributed by atoms with Crippen molar-refractivity contribution < 1.29 is 14.4 Å². The molecule has 0 atom stereocenters. The Balaban J connectivity index is 1.48. The predicted molar refractivity (Wildman–Crippen MR) is 100.0 cm³/mol. The number of benzene rings is 2. The Morgan fingerprint density at radius 2 is 1.63 bits per heavy atom. The van der Waals surface area contributed by atoms with Crippen molar-refractivity contribution in [3.05, 3.63) is 75.3 Å². The van der Waals surface area contributed by atoms with Crippen molar-refractivity contribution in [1.29, 1.82) is 0 Å². The molecule has 27 heavy (non-hydrogen) atoms. The summed E-state index contributed by atoms with van der Waals surface area (Å²) in [6.07, 6.45) is 0. The van der Waals surface area contributed by atoms with Gasteiger partial charge in [0.05, 0.1) is 28.3 Å². The standard InChI is InChI=1S/C18H11ClN4O3S/c19-13-8-4-3-7-12(13)15(24)20-18-22-21-14(27-18)9-23-16(25)10-5-1-2-6-11(10)17(23)26/h1-8H,9H2,(H,20,22,24). The number of nitrogens with one attached hydrogen (secondary N) is 1. The van der Waals surface area contributed by atoms with Crippen LogP contribution in [-0.2, 0) is 6.54 Å². The molecule has 0 fully saturated rings. The molecule has 1 aliphatic rings. The molecule has 7 nitrogen and oxygen atoms in total. The molecule has 3 aromatic rings. The molecule has 0 spiro atoms. The van der Waals surface area contributed by atoms with E-state index < -0.39 is 5.91 Å². The maximum Gasteiger partial charge on any atom is 0.261 e. The lowest BCUT2D eigenvalue weighted by Crippen LogP contribution is -2.29. The second-order valence-electron chi connectivity index (χ2n) is 5.68. The first-order valence-corrected chi connectivity index (χ1v) is 9.07. The quantitative estimate of drug-likeness (QED) is 0.681. The number of rotatable bonds is 4. The van der Waals surface area contributed by atoms with Crippen LogP contribution in [0.5, 0.6) is 0 Å². The van der Waals surface area contributed by atoms with E-state index in [0.717, 1.165) is 16.2 Å². The van der Waals surface area contributed by atoms with E-state index in [1.807, 2.05) is 0 Å². The summed E-state index contributed by atoms with van der Waals surface area (Å²) in [6, 6.07) is 13.3. The number of fused-ring (bicyclic) bond motifs is 1. The van der Waals surface area contributed by atoms with Gasteiger partial charge in [-0.3, -0.25) is 24.6 Å². The second-order valence-corrected chi connectivity index (χ2v) is 7.15. The monoisotopic (exact) mass is 398 g/mol. The van der Waals surface area contributed by atoms with Crippen molar-refractivity contribution in [1.82, 2.24) is 15.1 Å². The lowest BCUT2D eigenvalue weighted by molar-refractivity contribution is 0.0641. The third kappa shape index (κ3) is 3.20. The summed E-state index contributed by atoms with van der Waals surface area (Å²) in [6.45, 7) is -0.00796. The molecule has 0 aliphatic carbocycles. The minimum Gasteiger partial charge on any atom is -0.296 e. The number of imide groups is 1. The number of aromatic nitrogens is 2. The highest BCUT2D eigenvalue weighted by Crippen LogP contribution is 2.26. The Bertz CT molecular complexity index is 1050. The highest BCUT2D eigenvalue weighted by Gasteiger charge is 2.35. The summed E-state index contributed by atoms with van der Waals surface area (Å²) < 4.78 is 0. The van der Waals surface area contributed by atoms with Gasteiger partial charge in [0.2, 0.25) is 5.13 Å². The summed E-state index contributed by atoms with van der Waals surface area (Å²) in [7, 11) is 0. The van der Waals surface area contributed by atoms with Gasteiger partial charge in [-0.15, -0.1) is 10.2 Å². The summed E-state index contributed by atoms with van der Waals surface area (Å²) in [5, 5.41) is 11.5. The minimum absolute atomic E-state index is 0.00796. The fraction of sp³-hybridized carbons (Fsp3) is 0.0556. The number of hydrogen-bond acceptors (Lipinski definition) is 6. The maximum absolute atomic E-state index is 12.4. The number of carbonyl (C=O) groups is 3. The van der Waals surface area contributed by atoms with Gasteiger partial charge >= 0.3 is 0 Å². The van der Waals surface area contributed by atoms with E-state index in [0.29, 0.717) is 26.7 Å². The minimum atomic E-state index is -0.413. The number of halogens is 1. The van der Waals surface area contributed by atoms with Crippen LogP contribution < -0.4 is 5.32 Å². The molecule has 4 rings (SSSR count). The van der Waals surface area contributed by atoms with Crippen LogP contribution in [0.3, 0.4) is 0 Å². The molecule has 0 saturated carbocycles. The Morgan fingerprint density at radius 3 is 2.30 bits per heavy atom. The fourth-order valence-electron chi connectivity index (χ4n) is 2.70. The van der Waals surface area contributed by atoms with Crippen molar-refractivity contribution in [2.45, 2.75) is 6.54 Å². The van der Waals surface area contributed by atoms with Crippen LogP contribution in [0, 0.1) is 0 Å². The van der Waals surface area contributed by atoms with E-state index in [-0.39, 0.29) is 23.5 Å². The van der Waals surface area contributed by atoms with Crippen LogP contribution in [0.2, 0.25) is 5.02 Å². The van der Waals surface area contributed by atoms with Crippen LogP contribution >= 0.6 is 22.9 Å². The van der Waals surface area contributed by atoms with E-state index in [1.165, 1.54) is 0 Å². The van der Waals surface area contributed by atoms with Crippen LogP contribution in [0.1, 0.15) is 36.1 Å². The maximum atomic E-state index is 12.4. The number of amides is 3. The van der Waals surface area contributed by atoms with E-state index >= 15 is 0 Å². The van der Waals surface area contributed by atoms with Crippen LogP contribution in [0.15, 0.2) is 48.5 Å². The molecule has 1 aliphatic heterocycles. The number of hydrogen-bond donors (Lipinski definition) is 1. The van der Waals surface area contributed by atoms with Crippen molar-refractivity contribution in [2.75, 3.05) is 5.32 Å². The highest BCUT2D eigenvalue weighted by molar-refractivity contribution is 7.15. The topological polar surface area (TPSA) is 92.3 Å². The third-order valence-electron chi connectivity index (χ3n) is 3.98. The van der Waals surface area contributed by atoms with Gasteiger partial charge in [0.15, 0.2) is 0 Å². The van der Waals surface area contributed by atoms with Crippen molar-refractivity contribution in [3.63, 3.8) is 0 Å². The average molecular weight is 399 g/mol. The second kappa shape index (κ2) is 6.90. The zero-order valence-corrected chi connectivity index (χ0v) is 15.3. The first kappa shape index (κ1) is 17.3. The van der Waals surface area contributed by atoms with Gasteiger partial charge in [-0.2, -0.15) is 0 Å². The highest BCUT2D eigenvalue weighted by atomic mass is 35.5.